The molecular formula is C43H29N3S. The first kappa shape index (κ1) is 26.6. The first-order valence-electron chi connectivity index (χ1n) is 16.1. The zero-order chi connectivity index (χ0) is 31.3. The second-order valence-electron chi connectivity index (χ2n) is 13.0. The Morgan fingerprint density at radius 2 is 1.26 bits per heavy atom. The highest BCUT2D eigenvalue weighted by atomic mass is 32.1. The number of hydrogen-bond acceptors (Lipinski definition) is 3. The van der Waals surface area contributed by atoms with Crippen LogP contribution >= 0.6 is 11.3 Å². The van der Waals surface area contributed by atoms with Crippen LogP contribution in [-0.2, 0) is 5.41 Å². The van der Waals surface area contributed by atoms with E-state index in [9.17, 15) is 0 Å². The Labute approximate surface area is 276 Å². The number of thiophene rings is 1. The molecule has 47 heavy (non-hydrogen) atoms. The predicted molar refractivity (Wildman–Crippen MR) is 198 cm³/mol. The van der Waals surface area contributed by atoms with Gasteiger partial charge in [-0.1, -0.05) is 123 Å². The molecular weight excluding hydrogens is 591 g/mol. The van der Waals surface area contributed by atoms with Gasteiger partial charge in [0.15, 0.2) is 5.82 Å². The molecule has 9 aromatic rings. The second kappa shape index (κ2) is 9.71. The summed E-state index contributed by atoms with van der Waals surface area (Å²) < 4.78 is 5.08. The summed E-state index contributed by atoms with van der Waals surface area (Å²) >= 11 is 1.87. The fourth-order valence-electron chi connectivity index (χ4n) is 7.77. The minimum Gasteiger partial charge on any atom is -0.309 e. The molecule has 0 N–H and O–H groups in total. The van der Waals surface area contributed by atoms with Crippen LogP contribution in [0.2, 0.25) is 0 Å². The molecule has 0 atom stereocenters. The highest BCUT2D eigenvalue weighted by Crippen LogP contribution is 2.52. The molecule has 0 saturated heterocycles. The maximum absolute atomic E-state index is 5.44. The fraction of sp³-hybridized carbons (Fsp3) is 0.0698. The van der Waals surface area contributed by atoms with E-state index in [4.69, 9.17) is 9.97 Å². The van der Waals surface area contributed by atoms with Gasteiger partial charge in [0.1, 0.15) is 0 Å². The third-order valence-corrected chi connectivity index (χ3v) is 11.1. The van der Waals surface area contributed by atoms with E-state index in [2.05, 4.69) is 152 Å². The van der Waals surface area contributed by atoms with E-state index in [0.717, 1.165) is 39.6 Å². The molecule has 6 aromatic carbocycles. The van der Waals surface area contributed by atoms with E-state index in [1.807, 2.05) is 17.4 Å². The van der Waals surface area contributed by atoms with Crippen molar-refractivity contribution in [2.24, 2.45) is 0 Å². The number of rotatable bonds is 3. The van der Waals surface area contributed by atoms with Crippen molar-refractivity contribution in [3.63, 3.8) is 0 Å². The van der Waals surface area contributed by atoms with Crippen molar-refractivity contribution >= 4 is 53.3 Å². The van der Waals surface area contributed by atoms with Gasteiger partial charge in [-0.3, -0.25) is 0 Å². The van der Waals surface area contributed by atoms with Crippen molar-refractivity contribution in [2.75, 3.05) is 0 Å². The number of aromatic nitrogens is 3. The molecule has 3 heterocycles. The Morgan fingerprint density at radius 1 is 0.553 bits per heavy atom. The average Bonchev–Trinajstić information content (AvgIpc) is 3.72. The van der Waals surface area contributed by atoms with Crippen molar-refractivity contribution in [2.45, 2.75) is 19.3 Å². The standard InChI is InChI=1S/C43H29N3S/c1-43(2)33-20-10-6-18-29(33)39-40(44-42(45-41(39)43)26-14-4-3-5-15-26)30-19-8-12-22-35(30)46-34-21-11-7-16-27(34)31-25-38-32(24-36(31)46)28-17-9-13-23-37(28)47-38/h3-25H,1-2H3. The lowest BCUT2D eigenvalue weighted by atomic mass is 9.85. The van der Waals surface area contributed by atoms with Gasteiger partial charge in [-0.05, 0) is 41.5 Å². The quantitative estimate of drug-likeness (QED) is 0.197. The average molecular weight is 620 g/mol. The number of hydrogen-bond donors (Lipinski definition) is 0. The van der Waals surface area contributed by atoms with Gasteiger partial charge in [-0.15, -0.1) is 11.3 Å². The van der Waals surface area contributed by atoms with Gasteiger partial charge >= 0.3 is 0 Å². The largest absolute Gasteiger partial charge is 0.309 e. The van der Waals surface area contributed by atoms with E-state index >= 15 is 0 Å². The Kier molecular flexibility index (Phi) is 5.50. The number of nitrogens with zero attached hydrogens (tertiary/aromatic N) is 3. The smallest absolute Gasteiger partial charge is 0.160 e. The van der Waals surface area contributed by atoms with Crippen molar-refractivity contribution in [3.05, 3.63) is 151 Å². The Hall–Kier alpha value is -5.58. The van der Waals surface area contributed by atoms with Crippen LogP contribution < -0.4 is 0 Å². The Balaban J connectivity index is 1.33. The minimum absolute atomic E-state index is 0.263. The van der Waals surface area contributed by atoms with Crippen LogP contribution in [0, 0.1) is 0 Å². The van der Waals surface area contributed by atoms with Gasteiger partial charge < -0.3 is 4.57 Å². The molecule has 0 saturated carbocycles. The molecule has 0 radical (unpaired) electrons. The molecule has 1 aliphatic carbocycles. The summed E-state index contributed by atoms with van der Waals surface area (Å²) in [7, 11) is 0. The zero-order valence-electron chi connectivity index (χ0n) is 26.0. The maximum atomic E-state index is 5.44. The van der Waals surface area contributed by atoms with E-state index < -0.39 is 0 Å². The minimum atomic E-state index is -0.263. The topological polar surface area (TPSA) is 30.7 Å². The van der Waals surface area contributed by atoms with Crippen LogP contribution in [-0.4, -0.2) is 14.5 Å². The van der Waals surface area contributed by atoms with Crippen LogP contribution in [0.25, 0.3) is 81.4 Å². The van der Waals surface area contributed by atoms with Gasteiger partial charge in [0.05, 0.1) is 28.1 Å². The third kappa shape index (κ3) is 3.73. The number of para-hydroxylation sites is 2. The lowest BCUT2D eigenvalue weighted by Crippen LogP contribution is -2.17. The SMILES string of the molecule is CC1(C)c2ccccc2-c2c(-c3ccccc3-n3c4ccccc4c4cc5sc6ccccc6c5cc43)nc(-c3ccccc3)nc21. The molecule has 10 rings (SSSR count). The first-order valence-corrected chi connectivity index (χ1v) is 16.9. The fourth-order valence-corrected chi connectivity index (χ4v) is 8.90. The van der Waals surface area contributed by atoms with E-state index in [1.54, 1.807) is 0 Å². The van der Waals surface area contributed by atoms with Crippen LogP contribution in [0.1, 0.15) is 25.1 Å². The summed E-state index contributed by atoms with van der Waals surface area (Å²) in [6.07, 6.45) is 0. The summed E-state index contributed by atoms with van der Waals surface area (Å²) in [4.78, 5) is 10.7. The lowest BCUT2D eigenvalue weighted by molar-refractivity contribution is 0.636. The molecule has 222 valence electrons. The molecule has 0 spiro atoms. The molecule has 1 aliphatic rings. The summed E-state index contributed by atoms with van der Waals surface area (Å²) in [6.45, 7) is 4.58. The molecule has 0 unspecified atom stereocenters. The summed E-state index contributed by atoms with van der Waals surface area (Å²) in [6, 6.07) is 50.2. The maximum Gasteiger partial charge on any atom is 0.160 e. The molecule has 0 fully saturated rings. The molecule has 0 amide bonds. The summed E-state index contributed by atoms with van der Waals surface area (Å²) in [5, 5.41) is 5.11. The van der Waals surface area contributed by atoms with Crippen molar-refractivity contribution in [3.8, 4) is 39.5 Å². The molecule has 4 heteroatoms. The monoisotopic (exact) mass is 619 g/mol. The summed E-state index contributed by atoms with van der Waals surface area (Å²) in [5.74, 6) is 0.753. The van der Waals surface area contributed by atoms with Gasteiger partial charge in [-0.25, -0.2) is 9.97 Å². The Bertz CT molecular complexity index is 2710. The van der Waals surface area contributed by atoms with E-state index in [-0.39, 0.29) is 5.41 Å². The van der Waals surface area contributed by atoms with Gasteiger partial charge in [-0.2, -0.15) is 0 Å². The third-order valence-electron chi connectivity index (χ3n) is 9.97. The lowest BCUT2D eigenvalue weighted by Gasteiger charge is -2.21. The van der Waals surface area contributed by atoms with Gasteiger partial charge in [0.25, 0.3) is 0 Å². The molecule has 0 bridgehead atoms. The Morgan fingerprint density at radius 3 is 2.13 bits per heavy atom. The molecule has 0 aliphatic heterocycles. The van der Waals surface area contributed by atoms with Crippen molar-refractivity contribution < 1.29 is 0 Å². The first-order chi connectivity index (χ1) is 23.1. The number of benzene rings is 6. The highest BCUT2D eigenvalue weighted by Gasteiger charge is 2.40. The predicted octanol–water partition coefficient (Wildman–Crippen LogP) is 11.6. The van der Waals surface area contributed by atoms with Crippen molar-refractivity contribution in [1.82, 2.24) is 14.5 Å². The van der Waals surface area contributed by atoms with Crippen LogP contribution in [0.4, 0.5) is 0 Å². The van der Waals surface area contributed by atoms with Gasteiger partial charge in [0, 0.05) is 53.1 Å². The molecule has 3 aromatic heterocycles. The second-order valence-corrected chi connectivity index (χ2v) is 14.1. The highest BCUT2D eigenvalue weighted by molar-refractivity contribution is 7.25. The van der Waals surface area contributed by atoms with Crippen LogP contribution in [0.5, 0.6) is 0 Å². The van der Waals surface area contributed by atoms with Crippen LogP contribution in [0.3, 0.4) is 0 Å². The summed E-state index contributed by atoms with van der Waals surface area (Å²) in [5.41, 5.74) is 11.0. The van der Waals surface area contributed by atoms with E-state index in [1.165, 1.54) is 53.1 Å². The molecule has 3 nitrogen and oxygen atoms in total. The van der Waals surface area contributed by atoms with Crippen LogP contribution in [0.15, 0.2) is 140 Å². The zero-order valence-corrected chi connectivity index (χ0v) is 26.8. The van der Waals surface area contributed by atoms with E-state index in [0.29, 0.717) is 0 Å². The van der Waals surface area contributed by atoms with Gasteiger partial charge in [0.2, 0.25) is 0 Å². The van der Waals surface area contributed by atoms with Crippen molar-refractivity contribution in [1.29, 1.82) is 0 Å². The normalized spacial score (nSPS) is 13.5. The number of fused-ring (bicyclic) bond motifs is 9.